The largest absolute Gasteiger partial charge is 0.384 e. The molecule has 0 bridgehead atoms. The van der Waals surface area contributed by atoms with Crippen molar-refractivity contribution < 1.29 is 37.9 Å². The second-order valence-corrected chi connectivity index (χ2v) is 6.77. The predicted octanol–water partition coefficient (Wildman–Crippen LogP) is 2.14. The zero-order chi connectivity index (χ0) is 21.2. The lowest BCUT2D eigenvalue weighted by Gasteiger charge is -2.36. The lowest BCUT2D eigenvalue weighted by atomic mass is 9.85. The highest BCUT2D eigenvalue weighted by Gasteiger charge is 2.37. The van der Waals surface area contributed by atoms with E-state index >= 15 is 0 Å². The van der Waals surface area contributed by atoms with Gasteiger partial charge in [0.25, 0.3) is 0 Å². The van der Waals surface area contributed by atoms with Crippen molar-refractivity contribution in [3.05, 3.63) is 0 Å². The maximum absolute atomic E-state index is 5.33. The molecule has 8 heteroatoms. The van der Waals surface area contributed by atoms with Gasteiger partial charge in [-0.3, -0.25) is 0 Å². The fourth-order valence-electron chi connectivity index (χ4n) is 3.06. The number of hydrogen-bond acceptors (Lipinski definition) is 8. The molecule has 0 amide bonds. The molecule has 0 aliphatic carbocycles. The summed E-state index contributed by atoms with van der Waals surface area (Å²) in [4.78, 5) is 0. The fourth-order valence-corrected chi connectivity index (χ4v) is 3.06. The Balaban J connectivity index is -0.000000432. The van der Waals surface area contributed by atoms with E-state index in [0.717, 1.165) is 0 Å². The summed E-state index contributed by atoms with van der Waals surface area (Å²) in [6.07, 6.45) is 0.0300. The first-order valence-corrected chi connectivity index (χ1v) is 8.86. The maximum Gasteiger partial charge on any atom is 0.0666 e. The van der Waals surface area contributed by atoms with E-state index in [4.69, 9.17) is 37.9 Å². The molecule has 28 heavy (non-hydrogen) atoms. The van der Waals surface area contributed by atoms with Crippen molar-refractivity contribution in [1.82, 2.24) is 0 Å². The second-order valence-electron chi connectivity index (χ2n) is 6.77. The van der Waals surface area contributed by atoms with Crippen molar-refractivity contribution in [1.29, 1.82) is 0 Å². The minimum absolute atomic E-state index is 0. The highest BCUT2D eigenvalue weighted by molar-refractivity contribution is 4.85. The fraction of sp³-hybridized carbons (Fsp3) is 1.00. The van der Waals surface area contributed by atoms with Crippen LogP contribution in [0.5, 0.6) is 0 Å². The molecule has 8 nitrogen and oxygen atoms in total. The first-order chi connectivity index (χ1) is 12.9. The van der Waals surface area contributed by atoms with Gasteiger partial charge in [0.2, 0.25) is 0 Å². The average molecular weight is 415 g/mol. The first-order valence-electron chi connectivity index (χ1n) is 8.86. The Bertz CT molecular complexity index is 268. The van der Waals surface area contributed by atoms with E-state index in [1.807, 2.05) is 6.92 Å². The summed E-state index contributed by atoms with van der Waals surface area (Å²) in [6.45, 7) is 5.96. The third-order valence-corrected chi connectivity index (χ3v) is 4.31. The number of methoxy groups -OCH3 is 8. The van der Waals surface area contributed by atoms with E-state index in [-0.39, 0.29) is 24.4 Å². The molecule has 0 aliphatic rings. The Hall–Kier alpha value is -0.320. The van der Waals surface area contributed by atoms with Gasteiger partial charge in [0.15, 0.2) is 0 Å². The Morgan fingerprint density at radius 3 is 0.929 bits per heavy atom. The van der Waals surface area contributed by atoms with Gasteiger partial charge >= 0.3 is 0 Å². The Morgan fingerprint density at radius 2 is 0.750 bits per heavy atom. The summed E-state index contributed by atoms with van der Waals surface area (Å²) in [5, 5.41) is 0. The van der Waals surface area contributed by atoms with Crippen molar-refractivity contribution in [3.63, 3.8) is 0 Å². The van der Waals surface area contributed by atoms with Crippen LogP contribution < -0.4 is 0 Å². The Kier molecular flexibility index (Phi) is 23.1. The monoisotopic (exact) mass is 414 g/mol. The molecule has 0 saturated heterocycles. The van der Waals surface area contributed by atoms with Gasteiger partial charge in [0, 0.05) is 56.9 Å². The zero-order valence-corrected chi connectivity index (χ0v) is 18.8. The highest BCUT2D eigenvalue weighted by Crippen LogP contribution is 2.25. The summed E-state index contributed by atoms with van der Waals surface area (Å²) in [7, 11) is 13.3. The van der Waals surface area contributed by atoms with Crippen molar-refractivity contribution >= 4 is 0 Å². The molecular weight excluding hydrogens is 368 g/mol. The molecule has 0 saturated carbocycles. The van der Waals surface area contributed by atoms with E-state index in [9.17, 15) is 0 Å². The minimum atomic E-state index is -0.229. The van der Waals surface area contributed by atoms with Crippen LogP contribution in [0.15, 0.2) is 0 Å². The number of hydrogen-bond donors (Lipinski definition) is 0. The van der Waals surface area contributed by atoms with Crippen LogP contribution in [0.3, 0.4) is 0 Å². The van der Waals surface area contributed by atoms with Crippen LogP contribution in [0, 0.1) is 10.8 Å². The SMILES string of the molecule is C.COCC(COC)(COC)C(C)OC.COCC(COC)(COC)COC. The van der Waals surface area contributed by atoms with Gasteiger partial charge in [0.05, 0.1) is 63.2 Å². The van der Waals surface area contributed by atoms with E-state index in [2.05, 4.69) is 0 Å². The summed E-state index contributed by atoms with van der Waals surface area (Å²) in [5.74, 6) is 0. The van der Waals surface area contributed by atoms with Gasteiger partial charge in [0.1, 0.15) is 0 Å². The Labute approximate surface area is 173 Å². The molecular formula is C20H46O8. The molecule has 0 aromatic carbocycles. The number of ether oxygens (including phenoxy) is 8. The van der Waals surface area contributed by atoms with E-state index in [1.165, 1.54) is 0 Å². The van der Waals surface area contributed by atoms with Crippen LogP contribution in [-0.2, 0) is 37.9 Å². The van der Waals surface area contributed by atoms with Crippen molar-refractivity contribution in [3.8, 4) is 0 Å². The third-order valence-electron chi connectivity index (χ3n) is 4.31. The van der Waals surface area contributed by atoms with E-state index in [1.54, 1.807) is 56.9 Å². The van der Waals surface area contributed by atoms with Crippen LogP contribution in [0.2, 0.25) is 0 Å². The predicted molar refractivity (Wildman–Crippen MR) is 111 cm³/mol. The normalized spacial score (nSPS) is 12.8. The summed E-state index contributed by atoms with van der Waals surface area (Å²) in [5.41, 5.74) is -0.417. The molecule has 0 radical (unpaired) electrons. The lowest BCUT2D eigenvalue weighted by molar-refractivity contribution is -0.114. The smallest absolute Gasteiger partial charge is 0.0666 e. The molecule has 0 N–H and O–H groups in total. The van der Waals surface area contributed by atoms with E-state index < -0.39 is 0 Å². The topological polar surface area (TPSA) is 73.8 Å². The van der Waals surface area contributed by atoms with Crippen LogP contribution in [0.4, 0.5) is 0 Å². The van der Waals surface area contributed by atoms with Gasteiger partial charge in [-0.05, 0) is 6.92 Å². The van der Waals surface area contributed by atoms with Crippen molar-refractivity contribution in [2.75, 3.05) is 103 Å². The van der Waals surface area contributed by atoms with Gasteiger partial charge in [-0.1, -0.05) is 7.43 Å². The molecule has 174 valence electrons. The van der Waals surface area contributed by atoms with Crippen LogP contribution in [0.1, 0.15) is 14.4 Å². The molecule has 0 spiro atoms. The van der Waals surface area contributed by atoms with Crippen LogP contribution in [0.25, 0.3) is 0 Å². The molecule has 0 fully saturated rings. The third kappa shape index (κ3) is 12.3. The molecule has 1 unspecified atom stereocenters. The van der Waals surface area contributed by atoms with Crippen LogP contribution in [-0.4, -0.2) is 109 Å². The van der Waals surface area contributed by atoms with Gasteiger partial charge in [-0.25, -0.2) is 0 Å². The molecule has 1 atom stereocenters. The summed E-state index contributed by atoms with van der Waals surface area (Å²) in [6, 6.07) is 0. The molecule has 0 heterocycles. The van der Waals surface area contributed by atoms with Crippen LogP contribution >= 0.6 is 0 Å². The average Bonchev–Trinajstić information content (AvgIpc) is 2.63. The summed E-state index contributed by atoms with van der Waals surface area (Å²) < 4.78 is 41.4. The van der Waals surface area contributed by atoms with Crippen molar-refractivity contribution in [2.24, 2.45) is 10.8 Å². The second kappa shape index (κ2) is 20.0. The van der Waals surface area contributed by atoms with Gasteiger partial charge in [-0.15, -0.1) is 0 Å². The number of rotatable bonds is 16. The van der Waals surface area contributed by atoms with Gasteiger partial charge in [-0.2, -0.15) is 0 Å². The van der Waals surface area contributed by atoms with Crippen molar-refractivity contribution in [2.45, 2.75) is 20.5 Å². The quantitative estimate of drug-likeness (QED) is 0.380. The minimum Gasteiger partial charge on any atom is -0.384 e. The molecule has 0 aromatic rings. The molecule has 0 aromatic heterocycles. The maximum atomic E-state index is 5.33. The standard InChI is InChI=1S/C10H22O4.C9H20O4.CH4/c1-9(14-5)10(6-11-2,7-12-3)8-13-4;1-10-5-9(6-11-2,7-12-3)8-13-4;/h9H,6-8H2,1-5H3;5-8H2,1-4H3;1H4. The summed E-state index contributed by atoms with van der Waals surface area (Å²) >= 11 is 0. The highest BCUT2D eigenvalue weighted by atomic mass is 16.5. The lowest BCUT2D eigenvalue weighted by Crippen LogP contribution is -2.46. The first kappa shape index (κ1) is 32.3. The van der Waals surface area contributed by atoms with E-state index in [0.29, 0.717) is 46.2 Å². The zero-order valence-electron chi connectivity index (χ0n) is 18.8. The Morgan fingerprint density at radius 1 is 0.500 bits per heavy atom. The van der Waals surface area contributed by atoms with Gasteiger partial charge < -0.3 is 37.9 Å². The molecule has 0 rings (SSSR count). The molecule has 0 aliphatic heterocycles.